The van der Waals surface area contributed by atoms with Gasteiger partial charge in [-0.05, 0) is 54.6 Å². The van der Waals surface area contributed by atoms with Crippen molar-refractivity contribution in [2.75, 3.05) is 5.32 Å². The molecule has 24 heavy (non-hydrogen) atoms. The first-order chi connectivity index (χ1) is 11.6. The van der Waals surface area contributed by atoms with Gasteiger partial charge in [0.2, 0.25) is 0 Å². The van der Waals surface area contributed by atoms with Crippen molar-refractivity contribution in [1.82, 2.24) is 30.5 Å². The summed E-state index contributed by atoms with van der Waals surface area (Å²) in [5.74, 6) is 0.669. The lowest BCUT2D eigenvalue weighted by atomic mass is 10.3. The number of nitrogens with one attached hydrogen (secondary N) is 2. The molecule has 0 bridgehead atoms. The standard InChI is InChI=1S/C16H17N7O/c1-11-5-3-7-14(18-11)10-17-16(24)19-13-6-4-8-15(9-13)23-12(2)20-21-22-23/h3-9H,10H2,1-2H3,(H2,17,19,24). The Balaban J connectivity index is 1.63. The van der Waals surface area contributed by atoms with E-state index in [1.54, 1.807) is 16.8 Å². The number of benzene rings is 1. The molecular formula is C16H17N7O. The molecule has 0 atom stereocenters. The van der Waals surface area contributed by atoms with E-state index in [1.165, 1.54) is 0 Å². The average Bonchev–Trinajstić information content (AvgIpc) is 2.99. The summed E-state index contributed by atoms with van der Waals surface area (Å²) in [5, 5.41) is 16.9. The number of urea groups is 1. The molecule has 8 nitrogen and oxygen atoms in total. The predicted molar refractivity (Wildman–Crippen MR) is 88.7 cm³/mol. The van der Waals surface area contributed by atoms with E-state index in [4.69, 9.17) is 0 Å². The highest BCUT2D eigenvalue weighted by atomic mass is 16.2. The van der Waals surface area contributed by atoms with Crippen molar-refractivity contribution < 1.29 is 4.79 Å². The third-order valence-electron chi connectivity index (χ3n) is 3.35. The van der Waals surface area contributed by atoms with Gasteiger partial charge in [-0.15, -0.1) is 5.10 Å². The van der Waals surface area contributed by atoms with Crippen LogP contribution in [-0.2, 0) is 6.54 Å². The van der Waals surface area contributed by atoms with Gasteiger partial charge >= 0.3 is 6.03 Å². The number of anilines is 1. The number of carbonyl (C=O) groups excluding carboxylic acids is 1. The van der Waals surface area contributed by atoms with Crippen molar-refractivity contribution >= 4 is 11.7 Å². The number of aromatic nitrogens is 5. The number of carbonyl (C=O) groups is 1. The Labute approximate surface area is 138 Å². The van der Waals surface area contributed by atoms with E-state index in [-0.39, 0.29) is 6.03 Å². The van der Waals surface area contributed by atoms with Crippen molar-refractivity contribution in [2.45, 2.75) is 20.4 Å². The van der Waals surface area contributed by atoms with Crippen molar-refractivity contribution in [2.24, 2.45) is 0 Å². The second-order valence-electron chi connectivity index (χ2n) is 5.27. The maximum absolute atomic E-state index is 12.0. The number of hydrogen-bond acceptors (Lipinski definition) is 5. The molecule has 122 valence electrons. The van der Waals surface area contributed by atoms with Crippen LogP contribution in [0, 0.1) is 13.8 Å². The summed E-state index contributed by atoms with van der Waals surface area (Å²) < 4.78 is 1.60. The quantitative estimate of drug-likeness (QED) is 0.765. The summed E-state index contributed by atoms with van der Waals surface area (Å²) in [6, 6.07) is 12.7. The Morgan fingerprint density at radius 1 is 1.17 bits per heavy atom. The molecule has 0 radical (unpaired) electrons. The highest BCUT2D eigenvalue weighted by molar-refractivity contribution is 5.89. The Hall–Kier alpha value is -3.29. The molecule has 2 aromatic heterocycles. The molecule has 0 aliphatic heterocycles. The number of hydrogen-bond donors (Lipinski definition) is 2. The topological polar surface area (TPSA) is 97.6 Å². The molecule has 2 amide bonds. The molecule has 0 saturated heterocycles. The molecule has 3 aromatic rings. The zero-order valence-electron chi connectivity index (χ0n) is 13.4. The first-order valence-corrected chi connectivity index (χ1v) is 7.44. The fourth-order valence-corrected chi connectivity index (χ4v) is 2.23. The summed E-state index contributed by atoms with van der Waals surface area (Å²) >= 11 is 0. The molecule has 3 rings (SSSR count). The number of pyridine rings is 1. The SMILES string of the molecule is Cc1cccc(CNC(=O)Nc2cccc(-n3nnnc3C)c2)n1. The molecule has 0 unspecified atom stereocenters. The zero-order valence-corrected chi connectivity index (χ0v) is 13.4. The van der Waals surface area contributed by atoms with E-state index >= 15 is 0 Å². The molecular weight excluding hydrogens is 306 g/mol. The Kier molecular flexibility index (Phi) is 4.46. The van der Waals surface area contributed by atoms with Gasteiger partial charge in [-0.2, -0.15) is 4.68 Å². The minimum atomic E-state index is -0.302. The molecule has 0 aliphatic carbocycles. The van der Waals surface area contributed by atoms with Crippen molar-refractivity contribution in [3.05, 3.63) is 59.7 Å². The Morgan fingerprint density at radius 2 is 2.00 bits per heavy atom. The van der Waals surface area contributed by atoms with Gasteiger partial charge in [0.05, 0.1) is 17.9 Å². The van der Waals surface area contributed by atoms with Crippen molar-refractivity contribution in [3.63, 3.8) is 0 Å². The van der Waals surface area contributed by atoms with Gasteiger partial charge in [-0.3, -0.25) is 4.98 Å². The van der Waals surface area contributed by atoms with Crippen LogP contribution in [0.5, 0.6) is 0 Å². The third-order valence-corrected chi connectivity index (χ3v) is 3.35. The fourth-order valence-electron chi connectivity index (χ4n) is 2.23. The van der Waals surface area contributed by atoms with E-state index in [9.17, 15) is 4.79 Å². The molecule has 0 fully saturated rings. The maximum Gasteiger partial charge on any atom is 0.319 e. The van der Waals surface area contributed by atoms with E-state index in [1.807, 2.05) is 44.2 Å². The normalized spacial score (nSPS) is 10.4. The van der Waals surface area contributed by atoms with Gasteiger partial charge in [0.15, 0.2) is 5.82 Å². The highest BCUT2D eigenvalue weighted by Gasteiger charge is 2.06. The smallest absolute Gasteiger partial charge is 0.319 e. The van der Waals surface area contributed by atoms with Crippen LogP contribution in [0.2, 0.25) is 0 Å². The van der Waals surface area contributed by atoms with Gasteiger partial charge in [-0.1, -0.05) is 12.1 Å². The number of nitrogens with zero attached hydrogens (tertiary/aromatic N) is 5. The monoisotopic (exact) mass is 323 g/mol. The lowest BCUT2D eigenvalue weighted by Gasteiger charge is -2.09. The van der Waals surface area contributed by atoms with E-state index in [2.05, 4.69) is 31.1 Å². The van der Waals surface area contributed by atoms with E-state index < -0.39 is 0 Å². The molecule has 0 saturated carbocycles. The van der Waals surface area contributed by atoms with Crippen LogP contribution in [-0.4, -0.2) is 31.2 Å². The van der Waals surface area contributed by atoms with E-state index in [0.29, 0.717) is 18.1 Å². The highest BCUT2D eigenvalue weighted by Crippen LogP contribution is 2.14. The maximum atomic E-state index is 12.0. The van der Waals surface area contributed by atoms with Crippen LogP contribution in [0.15, 0.2) is 42.5 Å². The van der Waals surface area contributed by atoms with Gasteiger partial charge in [-0.25, -0.2) is 4.79 Å². The molecule has 0 aliphatic rings. The number of rotatable bonds is 4. The summed E-state index contributed by atoms with van der Waals surface area (Å²) in [5.41, 5.74) is 3.15. The largest absolute Gasteiger partial charge is 0.332 e. The lowest BCUT2D eigenvalue weighted by Crippen LogP contribution is -2.28. The Morgan fingerprint density at radius 3 is 2.75 bits per heavy atom. The summed E-state index contributed by atoms with van der Waals surface area (Å²) in [6.07, 6.45) is 0. The number of amides is 2. The third kappa shape index (κ3) is 3.72. The van der Waals surface area contributed by atoms with Crippen LogP contribution >= 0.6 is 0 Å². The molecule has 2 heterocycles. The van der Waals surface area contributed by atoms with Crippen LogP contribution in [0.1, 0.15) is 17.2 Å². The molecule has 2 N–H and O–H groups in total. The first kappa shape index (κ1) is 15.6. The van der Waals surface area contributed by atoms with Gasteiger partial charge in [0, 0.05) is 11.4 Å². The number of aryl methyl sites for hydroxylation is 2. The van der Waals surface area contributed by atoms with Crippen LogP contribution in [0.25, 0.3) is 5.69 Å². The van der Waals surface area contributed by atoms with E-state index in [0.717, 1.165) is 17.1 Å². The second-order valence-corrected chi connectivity index (χ2v) is 5.27. The first-order valence-electron chi connectivity index (χ1n) is 7.44. The number of tetrazole rings is 1. The summed E-state index contributed by atoms with van der Waals surface area (Å²) in [7, 11) is 0. The fraction of sp³-hybridized carbons (Fsp3) is 0.188. The summed E-state index contributed by atoms with van der Waals surface area (Å²) in [4.78, 5) is 16.4. The predicted octanol–water partition coefficient (Wildman–Crippen LogP) is 2.00. The Bertz CT molecular complexity index is 859. The zero-order chi connectivity index (χ0) is 16.9. The van der Waals surface area contributed by atoms with Crippen molar-refractivity contribution in [3.8, 4) is 5.69 Å². The average molecular weight is 323 g/mol. The van der Waals surface area contributed by atoms with Gasteiger partial charge in [0.1, 0.15) is 0 Å². The van der Waals surface area contributed by atoms with Crippen molar-refractivity contribution in [1.29, 1.82) is 0 Å². The minimum absolute atomic E-state index is 0.302. The van der Waals surface area contributed by atoms with Gasteiger partial charge in [0.25, 0.3) is 0 Å². The molecule has 0 spiro atoms. The minimum Gasteiger partial charge on any atom is -0.332 e. The summed E-state index contributed by atoms with van der Waals surface area (Å²) in [6.45, 7) is 4.08. The lowest BCUT2D eigenvalue weighted by molar-refractivity contribution is 0.251. The van der Waals surface area contributed by atoms with Gasteiger partial charge < -0.3 is 10.6 Å². The molecule has 8 heteroatoms. The second kappa shape index (κ2) is 6.86. The molecule has 1 aromatic carbocycles. The van der Waals surface area contributed by atoms with Crippen LogP contribution in [0.4, 0.5) is 10.5 Å². The van der Waals surface area contributed by atoms with Crippen LogP contribution in [0.3, 0.4) is 0 Å². The van der Waals surface area contributed by atoms with Crippen LogP contribution < -0.4 is 10.6 Å².